The molecule has 0 unspecified atom stereocenters. The maximum atomic E-state index is 12.2. The van der Waals surface area contributed by atoms with Crippen LogP contribution in [0.5, 0.6) is 0 Å². The summed E-state index contributed by atoms with van der Waals surface area (Å²) in [4.78, 5) is 0. The van der Waals surface area contributed by atoms with Crippen LogP contribution in [0.2, 0.25) is 0 Å². The van der Waals surface area contributed by atoms with E-state index in [0.29, 0.717) is 12.3 Å². The van der Waals surface area contributed by atoms with Gasteiger partial charge in [-0.3, -0.25) is 0 Å². The van der Waals surface area contributed by atoms with Crippen molar-refractivity contribution in [2.75, 3.05) is 5.88 Å². The first kappa shape index (κ1) is 13.1. The Morgan fingerprint density at radius 1 is 1.06 bits per heavy atom. The molecule has 0 saturated carbocycles. The minimum absolute atomic E-state index is 0.559. The third-order valence-electron chi connectivity index (χ3n) is 2.08. The van der Waals surface area contributed by atoms with Crippen molar-refractivity contribution in [3.05, 3.63) is 47.5 Å². The molecular weight excluding hydrogens is 237 g/mol. The second kappa shape index (κ2) is 5.94. The van der Waals surface area contributed by atoms with Gasteiger partial charge in [0, 0.05) is 5.88 Å². The van der Waals surface area contributed by atoms with Crippen LogP contribution in [0.25, 0.3) is 0 Å². The summed E-state index contributed by atoms with van der Waals surface area (Å²) < 4.78 is 36.7. The molecular formula is C12H12ClF3. The molecule has 0 aliphatic heterocycles. The van der Waals surface area contributed by atoms with Crippen molar-refractivity contribution in [3.63, 3.8) is 0 Å². The van der Waals surface area contributed by atoms with Crippen LogP contribution in [0.15, 0.2) is 36.4 Å². The van der Waals surface area contributed by atoms with Gasteiger partial charge in [-0.15, -0.1) is 11.6 Å². The van der Waals surface area contributed by atoms with Crippen LogP contribution in [-0.4, -0.2) is 5.88 Å². The quantitative estimate of drug-likeness (QED) is 0.546. The smallest absolute Gasteiger partial charge is 0.166 e. The van der Waals surface area contributed by atoms with E-state index in [9.17, 15) is 13.2 Å². The number of hydrogen-bond acceptors (Lipinski definition) is 0. The summed E-state index contributed by atoms with van der Waals surface area (Å²) in [5, 5.41) is 0. The van der Waals surface area contributed by atoms with Gasteiger partial charge in [0.05, 0.1) is 5.56 Å². The summed E-state index contributed by atoms with van der Waals surface area (Å²) >= 11 is 5.48. The number of hydrogen-bond donors (Lipinski definition) is 0. The molecule has 0 aliphatic rings. The van der Waals surface area contributed by atoms with E-state index < -0.39 is 11.7 Å². The SMILES string of the molecule is FC(F)(F)c1ccc(CC=CCCCl)cc1. The second-order valence-corrected chi connectivity index (χ2v) is 3.73. The zero-order valence-corrected chi connectivity index (χ0v) is 9.35. The van der Waals surface area contributed by atoms with Crippen molar-refractivity contribution in [2.24, 2.45) is 0 Å². The zero-order chi connectivity index (χ0) is 12.0. The van der Waals surface area contributed by atoms with Crippen LogP contribution in [0, 0.1) is 0 Å². The Morgan fingerprint density at radius 2 is 1.69 bits per heavy atom. The molecule has 0 nitrogen and oxygen atoms in total. The van der Waals surface area contributed by atoms with Gasteiger partial charge in [-0.25, -0.2) is 0 Å². The van der Waals surface area contributed by atoms with Crippen molar-refractivity contribution in [1.82, 2.24) is 0 Å². The normalized spacial score (nSPS) is 12.2. The predicted octanol–water partition coefficient (Wildman–Crippen LogP) is 4.43. The van der Waals surface area contributed by atoms with Gasteiger partial charge >= 0.3 is 6.18 Å². The van der Waals surface area contributed by atoms with Crippen LogP contribution in [0.3, 0.4) is 0 Å². The van der Waals surface area contributed by atoms with E-state index in [4.69, 9.17) is 11.6 Å². The molecule has 1 aromatic carbocycles. The van der Waals surface area contributed by atoms with Crippen LogP contribution in [0.1, 0.15) is 17.5 Å². The average Bonchev–Trinajstić information content (AvgIpc) is 2.24. The fourth-order valence-electron chi connectivity index (χ4n) is 1.23. The summed E-state index contributed by atoms with van der Waals surface area (Å²) in [6.45, 7) is 0. The molecule has 4 heteroatoms. The molecule has 0 bridgehead atoms. The highest BCUT2D eigenvalue weighted by Gasteiger charge is 2.29. The summed E-state index contributed by atoms with van der Waals surface area (Å²) in [5.74, 6) is 0.559. The molecule has 0 atom stereocenters. The number of alkyl halides is 4. The van der Waals surface area contributed by atoms with Gasteiger partial charge in [0.2, 0.25) is 0 Å². The van der Waals surface area contributed by atoms with Gasteiger partial charge in [-0.05, 0) is 30.5 Å². The Labute approximate surface area is 97.7 Å². The summed E-state index contributed by atoms with van der Waals surface area (Å²) in [5.41, 5.74) is 0.250. The van der Waals surface area contributed by atoms with Crippen LogP contribution >= 0.6 is 11.6 Å². The maximum Gasteiger partial charge on any atom is 0.416 e. The molecule has 1 rings (SSSR count). The topological polar surface area (TPSA) is 0 Å². The lowest BCUT2D eigenvalue weighted by molar-refractivity contribution is -0.137. The van der Waals surface area contributed by atoms with Gasteiger partial charge < -0.3 is 0 Å². The molecule has 0 spiro atoms. The molecule has 0 saturated heterocycles. The summed E-state index contributed by atoms with van der Waals surface area (Å²) in [7, 11) is 0. The van der Waals surface area contributed by atoms with Crippen molar-refractivity contribution in [1.29, 1.82) is 0 Å². The third kappa shape index (κ3) is 4.27. The van der Waals surface area contributed by atoms with Crippen molar-refractivity contribution in [3.8, 4) is 0 Å². The Balaban J connectivity index is 2.58. The first-order valence-electron chi connectivity index (χ1n) is 4.91. The molecule has 0 aliphatic carbocycles. The van der Waals surface area contributed by atoms with E-state index in [1.807, 2.05) is 12.2 Å². The maximum absolute atomic E-state index is 12.2. The van der Waals surface area contributed by atoms with Crippen molar-refractivity contribution < 1.29 is 13.2 Å². The minimum Gasteiger partial charge on any atom is -0.166 e. The molecule has 88 valence electrons. The lowest BCUT2D eigenvalue weighted by atomic mass is 10.1. The van der Waals surface area contributed by atoms with Gasteiger partial charge in [0.15, 0.2) is 0 Å². The molecule has 0 aromatic heterocycles. The lowest BCUT2D eigenvalue weighted by Crippen LogP contribution is -2.04. The lowest BCUT2D eigenvalue weighted by Gasteiger charge is -2.06. The minimum atomic E-state index is -4.26. The standard InChI is InChI=1S/C12H12ClF3/c13-9-3-1-2-4-10-5-7-11(8-6-10)12(14,15)16/h1-2,5-8H,3-4,9H2. The number of halogens is 4. The molecule has 0 heterocycles. The molecule has 0 N–H and O–H groups in total. The van der Waals surface area contributed by atoms with E-state index in [0.717, 1.165) is 24.1 Å². The average molecular weight is 249 g/mol. The van der Waals surface area contributed by atoms with Gasteiger partial charge in [-0.1, -0.05) is 24.3 Å². The van der Waals surface area contributed by atoms with E-state index >= 15 is 0 Å². The molecule has 0 amide bonds. The third-order valence-corrected chi connectivity index (χ3v) is 2.30. The largest absolute Gasteiger partial charge is 0.416 e. The summed E-state index contributed by atoms with van der Waals surface area (Å²) in [6, 6.07) is 5.19. The van der Waals surface area contributed by atoms with Gasteiger partial charge in [0.1, 0.15) is 0 Å². The molecule has 16 heavy (non-hydrogen) atoms. The van der Waals surface area contributed by atoms with E-state index in [-0.39, 0.29) is 0 Å². The van der Waals surface area contributed by atoms with Gasteiger partial charge in [0.25, 0.3) is 0 Å². The zero-order valence-electron chi connectivity index (χ0n) is 8.60. The van der Waals surface area contributed by atoms with Crippen LogP contribution in [-0.2, 0) is 12.6 Å². The van der Waals surface area contributed by atoms with Crippen LogP contribution in [0.4, 0.5) is 13.2 Å². The molecule has 1 aromatic rings. The highest BCUT2D eigenvalue weighted by atomic mass is 35.5. The fourth-order valence-corrected chi connectivity index (χ4v) is 1.36. The Morgan fingerprint density at radius 3 is 2.19 bits per heavy atom. The summed E-state index contributed by atoms with van der Waals surface area (Å²) in [6.07, 6.45) is 0.986. The monoisotopic (exact) mass is 248 g/mol. The Hall–Kier alpha value is -0.960. The Kier molecular flexibility index (Phi) is 4.87. The second-order valence-electron chi connectivity index (χ2n) is 3.35. The number of benzene rings is 1. The first-order valence-corrected chi connectivity index (χ1v) is 5.44. The number of allylic oxidation sites excluding steroid dienone is 2. The highest BCUT2D eigenvalue weighted by molar-refractivity contribution is 6.17. The highest BCUT2D eigenvalue weighted by Crippen LogP contribution is 2.29. The van der Waals surface area contributed by atoms with E-state index in [1.165, 1.54) is 12.1 Å². The van der Waals surface area contributed by atoms with Crippen LogP contribution < -0.4 is 0 Å². The fraction of sp³-hybridized carbons (Fsp3) is 0.333. The first-order chi connectivity index (χ1) is 7.54. The van der Waals surface area contributed by atoms with E-state index in [2.05, 4.69) is 0 Å². The molecule has 0 radical (unpaired) electrons. The Bertz CT molecular complexity index is 338. The van der Waals surface area contributed by atoms with E-state index in [1.54, 1.807) is 0 Å². The number of rotatable bonds is 4. The molecule has 0 fully saturated rings. The van der Waals surface area contributed by atoms with Gasteiger partial charge in [-0.2, -0.15) is 13.2 Å². The van der Waals surface area contributed by atoms with Crippen molar-refractivity contribution in [2.45, 2.75) is 19.0 Å². The van der Waals surface area contributed by atoms with Crippen molar-refractivity contribution >= 4 is 11.6 Å². The predicted molar refractivity (Wildman–Crippen MR) is 59.6 cm³/mol.